The summed E-state index contributed by atoms with van der Waals surface area (Å²) in [5, 5.41) is 12.7. The summed E-state index contributed by atoms with van der Waals surface area (Å²) in [5.74, 6) is -1.45. The van der Waals surface area contributed by atoms with Crippen LogP contribution in [-0.4, -0.2) is 36.4 Å². The third-order valence-electron chi connectivity index (χ3n) is 4.46. The molecule has 0 aliphatic heterocycles. The normalized spacial score (nSPS) is 10.9. The first kappa shape index (κ1) is 22.3. The lowest BCUT2D eigenvalue weighted by Crippen LogP contribution is -2.16. The molecule has 3 rings (SSSR count). The van der Waals surface area contributed by atoms with Crippen molar-refractivity contribution in [2.45, 2.75) is 6.54 Å². The SMILES string of the molecule is COC(=O)/C=C(/Nc1cc(-c2ccc(=O)[nH]n2)ccc1NCc1ccccc1)C(=O)OC. The van der Waals surface area contributed by atoms with E-state index in [9.17, 15) is 14.4 Å². The van der Waals surface area contributed by atoms with Crippen LogP contribution < -0.4 is 16.2 Å². The molecule has 0 amide bonds. The van der Waals surface area contributed by atoms with Crippen molar-refractivity contribution in [1.82, 2.24) is 10.2 Å². The van der Waals surface area contributed by atoms with Gasteiger partial charge in [-0.2, -0.15) is 5.10 Å². The Hall–Kier alpha value is -4.40. The largest absolute Gasteiger partial charge is 0.466 e. The molecule has 0 unspecified atom stereocenters. The van der Waals surface area contributed by atoms with Crippen molar-refractivity contribution in [2.24, 2.45) is 0 Å². The van der Waals surface area contributed by atoms with Crippen molar-refractivity contribution in [1.29, 1.82) is 0 Å². The first-order chi connectivity index (χ1) is 15.5. The molecule has 3 N–H and O–H groups in total. The lowest BCUT2D eigenvalue weighted by atomic mass is 10.1. The fourth-order valence-electron chi connectivity index (χ4n) is 2.84. The number of H-pyrrole nitrogens is 1. The maximum atomic E-state index is 12.2. The zero-order valence-corrected chi connectivity index (χ0v) is 17.5. The molecule has 32 heavy (non-hydrogen) atoms. The molecule has 9 nitrogen and oxygen atoms in total. The minimum atomic E-state index is -0.739. The molecule has 9 heteroatoms. The number of carbonyl (C=O) groups excluding carboxylic acids is 2. The predicted octanol–water partition coefficient (Wildman–Crippen LogP) is 2.69. The van der Waals surface area contributed by atoms with Gasteiger partial charge in [0.1, 0.15) is 5.70 Å². The molecule has 0 radical (unpaired) electrons. The summed E-state index contributed by atoms with van der Waals surface area (Å²) in [7, 11) is 2.42. The number of aromatic amines is 1. The highest BCUT2D eigenvalue weighted by Gasteiger charge is 2.16. The van der Waals surface area contributed by atoms with Crippen molar-refractivity contribution < 1.29 is 19.1 Å². The number of nitrogens with zero attached hydrogens (tertiary/aromatic N) is 1. The second-order valence-corrected chi connectivity index (χ2v) is 6.60. The van der Waals surface area contributed by atoms with Gasteiger partial charge in [-0.25, -0.2) is 14.7 Å². The van der Waals surface area contributed by atoms with E-state index in [0.29, 0.717) is 29.2 Å². The van der Waals surface area contributed by atoms with E-state index in [1.54, 1.807) is 18.2 Å². The van der Waals surface area contributed by atoms with E-state index in [1.165, 1.54) is 20.3 Å². The zero-order valence-electron chi connectivity index (χ0n) is 17.5. The first-order valence-corrected chi connectivity index (χ1v) is 9.63. The highest BCUT2D eigenvalue weighted by molar-refractivity contribution is 5.99. The second-order valence-electron chi connectivity index (χ2n) is 6.60. The van der Waals surface area contributed by atoms with Crippen LogP contribution in [0.15, 0.2) is 77.2 Å². The van der Waals surface area contributed by atoms with Gasteiger partial charge >= 0.3 is 11.9 Å². The predicted molar refractivity (Wildman–Crippen MR) is 120 cm³/mol. The van der Waals surface area contributed by atoms with E-state index in [2.05, 4.69) is 25.6 Å². The Labute approximate surface area is 184 Å². The molecule has 0 aliphatic carbocycles. The van der Waals surface area contributed by atoms with E-state index in [-0.39, 0.29) is 11.3 Å². The molecular formula is C23H22N4O5. The summed E-state index contributed by atoms with van der Waals surface area (Å²) in [5.41, 5.74) is 3.00. The number of hydrogen-bond donors (Lipinski definition) is 3. The van der Waals surface area contributed by atoms with Crippen LogP contribution in [0.3, 0.4) is 0 Å². The van der Waals surface area contributed by atoms with Crippen molar-refractivity contribution in [3.05, 3.63) is 88.4 Å². The zero-order chi connectivity index (χ0) is 22.9. The van der Waals surface area contributed by atoms with E-state index in [0.717, 1.165) is 11.6 Å². The highest BCUT2D eigenvalue weighted by atomic mass is 16.5. The molecule has 164 valence electrons. The standard InChI is InChI=1S/C23H22N4O5/c1-31-22(29)13-20(23(30)32-2)25-19-12-16(17-10-11-21(28)27-26-17)8-9-18(19)24-14-15-6-4-3-5-7-15/h3-13,24-25H,14H2,1-2H3,(H,27,28)/b20-13+. The van der Waals surface area contributed by atoms with E-state index >= 15 is 0 Å². The molecule has 1 heterocycles. The van der Waals surface area contributed by atoms with Crippen LogP contribution in [0, 0.1) is 0 Å². The van der Waals surface area contributed by atoms with Gasteiger partial charge in [0.2, 0.25) is 0 Å². The van der Waals surface area contributed by atoms with Gasteiger partial charge < -0.3 is 20.1 Å². The Kier molecular flexibility index (Phi) is 7.37. The summed E-state index contributed by atoms with van der Waals surface area (Å²) < 4.78 is 9.41. The summed E-state index contributed by atoms with van der Waals surface area (Å²) in [6.45, 7) is 0.528. The Bertz CT molecular complexity index is 1170. The smallest absolute Gasteiger partial charge is 0.354 e. The molecule has 0 saturated heterocycles. The van der Waals surface area contributed by atoms with Crippen molar-refractivity contribution in [2.75, 3.05) is 24.9 Å². The van der Waals surface area contributed by atoms with Crippen LogP contribution in [-0.2, 0) is 25.6 Å². The van der Waals surface area contributed by atoms with Crippen LogP contribution in [0.1, 0.15) is 5.56 Å². The molecule has 0 aliphatic rings. The van der Waals surface area contributed by atoms with Gasteiger partial charge in [0.15, 0.2) is 0 Å². The summed E-state index contributed by atoms with van der Waals surface area (Å²) in [6, 6.07) is 18.1. The fraction of sp³-hybridized carbons (Fsp3) is 0.130. The molecule has 0 spiro atoms. The molecule has 1 aromatic heterocycles. The molecule has 0 fully saturated rings. The third-order valence-corrected chi connectivity index (χ3v) is 4.46. The lowest BCUT2D eigenvalue weighted by molar-refractivity contribution is -0.138. The van der Waals surface area contributed by atoms with Crippen LogP contribution in [0.2, 0.25) is 0 Å². The summed E-state index contributed by atoms with van der Waals surface area (Å²) in [6.07, 6.45) is 1.01. The monoisotopic (exact) mass is 434 g/mol. The van der Waals surface area contributed by atoms with Gasteiger partial charge in [0, 0.05) is 18.2 Å². The first-order valence-electron chi connectivity index (χ1n) is 9.63. The summed E-state index contributed by atoms with van der Waals surface area (Å²) in [4.78, 5) is 35.3. The van der Waals surface area contributed by atoms with E-state index in [1.807, 2.05) is 36.4 Å². The van der Waals surface area contributed by atoms with Gasteiger partial charge in [-0.15, -0.1) is 0 Å². The average Bonchev–Trinajstić information content (AvgIpc) is 2.83. The number of methoxy groups -OCH3 is 2. The number of benzene rings is 2. The maximum Gasteiger partial charge on any atom is 0.354 e. The van der Waals surface area contributed by atoms with Crippen LogP contribution >= 0.6 is 0 Å². The Balaban J connectivity index is 1.99. The second kappa shape index (κ2) is 10.6. The molecule has 3 aromatic rings. The van der Waals surface area contributed by atoms with Crippen LogP contribution in [0.25, 0.3) is 11.3 Å². The summed E-state index contributed by atoms with van der Waals surface area (Å²) >= 11 is 0. The maximum absolute atomic E-state index is 12.2. The van der Waals surface area contributed by atoms with Gasteiger partial charge in [-0.3, -0.25) is 4.79 Å². The van der Waals surface area contributed by atoms with Gasteiger partial charge in [-0.05, 0) is 23.8 Å². The van der Waals surface area contributed by atoms with Crippen LogP contribution in [0.4, 0.5) is 11.4 Å². The lowest BCUT2D eigenvalue weighted by Gasteiger charge is -2.16. The van der Waals surface area contributed by atoms with Gasteiger partial charge in [0.05, 0.1) is 37.4 Å². The third kappa shape index (κ3) is 5.82. The van der Waals surface area contributed by atoms with E-state index in [4.69, 9.17) is 4.74 Å². The Morgan fingerprint density at radius 3 is 2.44 bits per heavy atom. The number of carbonyl (C=O) groups is 2. The minimum absolute atomic E-state index is 0.103. The number of rotatable bonds is 8. The topological polar surface area (TPSA) is 122 Å². The number of anilines is 2. The number of hydrogen-bond acceptors (Lipinski definition) is 8. The quantitative estimate of drug-likeness (QED) is 0.365. The minimum Gasteiger partial charge on any atom is -0.466 e. The molecular weight excluding hydrogens is 412 g/mol. The number of aromatic nitrogens is 2. The highest BCUT2D eigenvalue weighted by Crippen LogP contribution is 2.29. The molecule has 2 aromatic carbocycles. The van der Waals surface area contributed by atoms with Crippen molar-refractivity contribution >= 4 is 23.3 Å². The Morgan fingerprint density at radius 2 is 1.78 bits per heavy atom. The molecule has 0 bridgehead atoms. The Morgan fingerprint density at radius 1 is 1.00 bits per heavy atom. The fourth-order valence-corrected chi connectivity index (χ4v) is 2.84. The number of esters is 2. The number of ether oxygens (including phenoxy) is 2. The molecule has 0 atom stereocenters. The van der Waals surface area contributed by atoms with Gasteiger partial charge in [0.25, 0.3) is 5.56 Å². The van der Waals surface area contributed by atoms with E-state index < -0.39 is 11.9 Å². The van der Waals surface area contributed by atoms with Crippen molar-refractivity contribution in [3.63, 3.8) is 0 Å². The van der Waals surface area contributed by atoms with Crippen LogP contribution in [0.5, 0.6) is 0 Å². The molecule has 0 saturated carbocycles. The van der Waals surface area contributed by atoms with Crippen molar-refractivity contribution in [3.8, 4) is 11.3 Å². The van der Waals surface area contributed by atoms with Gasteiger partial charge in [-0.1, -0.05) is 36.4 Å². The number of nitrogens with one attached hydrogen (secondary N) is 3. The average molecular weight is 434 g/mol.